The van der Waals surface area contributed by atoms with Gasteiger partial charge in [0.25, 0.3) is 5.91 Å². The van der Waals surface area contributed by atoms with Gasteiger partial charge in [-0.15, -0.1) is 12.4 Å². The van der Waals surface area contributed by atoms with Gasteiger partial charge in [-0.2, -0.15) is 0 Å². The van der Waals surface area contributed by atoms with Crippen LogP contribution in [0.2, 0.25) is 0 Å². The number of benzene rings is 1. The molecule has 190 valence electrons. The van der Waals surface area contributed by atoms with Crippen LogP contribution in [0, 0.1) is 5.92 Å². The van der Waals surface area contributed by atoms with Crippen molar-refractivity contribution in [3.63, 3.8) is 0 Å². The minimum absolute atomic E-state index is 0. The number of pyridine rings is 1. The molecule has 0 radical (unpaired) electrons. The molecule has 2 N–H and O–H groups in total. The van der Waals surface area contributed by atoms with Crippen LogP contribution in [0.3, 0.4) is 0 Å². The molecule has 3 rings (SSSR count). The third-order valence-electron chi connectivity index (χ3n) is 5.75. The fourth-order valence-corrected chi connectivity index (χ4v) is 4.02. The first kappa shape index (κ1) is 28.3. The van der Waals surface area contributed by atoms with Crippen LogP contribution in [0.5, 0.6) is 0 Å². The molecule has 8 nitrogen and oxygen atoms in total. The van der Waals surface area contributed by atoms with Gasteiger partial charge in [0.2, 0.25) is 11.8 Å². The number of hydrogen-bond acceptors (Lipinski definition) is 5. The third kappa shape index (κ3) is 8.64. The van der Waals surface area contributed by atoms with Gasteiger partial charge in [0.05, 0.1) is 5.56 Å². The molecule has 35 heavy (non-hydrogen) atoms. The van der Waals surface area contributed by atoms with E-state index in [1.807, 2.05) is 47.9 Å². The van der Waals surface area contributed by atoms with Crippen molar-refractivity contribution in [2.75, 3.05) is 37.6 Å². The van der Waals surface area contributed by atoms with Crippen molar-refractivity contribution in [3.8, 4) is 0 Å². The summed E-state index contributed by atoms with van der Waals surface area (Å²) in [7, 11) is 0. The van der Waals surface area contributed by atoms with E-state index in [2.05, 4.69) is 15.6 Å². The summed E-state index contributed by atoms with van der Waals surface area (Å²) in [4.78, 5) is 45.8. The molecule has 0 fully saturated rings. The van der Waals surface area contributed by atoms with Crippen LogP contribution in [0.1, 0.15) is 49.0 Å². The van der Waals surface area contributed by atoms with E-state index in [0.29, 0.717) is 51.1 Å². The largest absolute Gasteiger partial charge is 0.351 e. The first-order valence-electron chi connectivity index (χ1n) is 12.0. The van der Waals surface area contributed by atoms with Crippen LogP contribution in [-0.4, -0.2) is 60.3 Å². The average Bonchev–Trinajstić information content (AvgIpc) is 2.87. The van der Waals surface area contributed by atoms with Crippen molar-refractivity contribution in [2.45, 2.75) is 39.7 Å². The van der Waals surface area contributed by atoms with Crippen molar-refractivity contribution in [1.29, 1.82) is 0 Å². The van der Waals surface area contributed by atoms with E-state index in [-0.39, 0.29) is 49.0 Å². The Morgan fingerprint density at radius 3 is 2.60 bits per heavy atom. The van der Waals surface area contributed by atoms with E-state index >= 15 is 0 Å². The van der Waals surface area contributed by atoms with Crippen LogP contribution >= 0.6 is 12.4 Å². The van der Waals surface area contributed by atoms with Crippen molar-refractivity contribution >= 4 is 35.8 Å². The summed E-state index contributed by atoms with van der Waals surface area (Å²) in [5.74, 6) is 0.135. The van der Waals surface area contributed by atoms with Crippen molar-refractivity contribution in [1.82, 2.24) is 20.5 Å². The van der Waals surface area contributed by atoms with Crippen LogP contribution in [-0.2, 0) is 16.1 Å². The van der Waals surface area contributed by atoms with Crippen molar-refractivity contribution < 1.29 is 14.4 Å². The smallest absolute Gasteiger partial charge is 0.252 e. The van der Waals surface area contributed by atoms with Gasteiger partial charge in [-0.3, -0.25) is 19.4 Å². The maximum atomic E-state index is 13.0. The molecule has 1 aromatic carbocycles. The lowest BCUT2D eigenvalue weighted by atomic mass is 10.1. The van der Waals surface area contributed by atoms with E-state index in [0.717, 1.165) is 11.3 Å². The second-order valence-corrected chi connectivity index (χ2v) is 8.93. The number of fused-ring (bicyclic) bond motifs is 1. The predicted molar refractivity (Wildman–Crippen MR) is 140 cm³/mol. The summed E-state index contributed by atoms with van der Waals surface area (Å²) in [6.07, 6.45) is 4.51. The number of hydrogen-bond donors (Lipinski definition) is 2. The Hall–Kier alpha value is -2.97. The standard InChI is InChI=1S/C26H35N5O3.ClH/c1-20(2)17-25(33)31-15-6-14-30(16-13-28-18-21-7-3-4-9-23(21)31)24(32)10-12-29-26(34)22-8-5-11-27-19-22;/h3-5,7-9,11,19-20,28H,6,10,12-18H2,1-2H3,(H,29,34);1H. The number of nitrogens with one attached hydrogen (secondary N) is 2. The van der Waals surface area contributed by atoms with Crippen LogP contribution in [0.4, 0.5) is 5.69 Å². The summed E-state index contributed by atoms with van der Waals surface area (Å²) in [6, 6.07) is 11.4. The number of anilines is 1. The molecule has 2 aromatic rings. The monoisotopic (exact) mass is 501 g/mol. The molecule has 9 heteroatoms. The third-order valence-corrected chi connectivity index (χ3v) is 5.75. The first-order chi connectivity index (χ1) is 16.5. The summed E-state index contributed by atoms with van der Waals surface area (Å²) in [6.45, 7) is 7.34. The van der Waals surface area contributed by atoms with Crippen LogP contribution < -0.4 is 15.5 Å². The molecule has 1 aliphatic rings. The number of carbonyl (C=O) groups is 3. The number of amides is 3. The highest BCUT2D eigenvalue weighted by Gasteiger charge is 2.21. The molecule has 0 aliphatic carbocycles. The van der Waals surface area contributed by atoms with E-state index in [1.54, 1.807) is 18.3 Å². The minimum Gasteiger partial charge on any atom is -0.351 e. The Morgan fingerprint density at radius 2 is 1.86 bits per heavy atom. The molecule has 0 unspecified atom stereocenters. The van der Waals surface area contributed by atoms with Gasteiger partial charge in [-0.05, 0) is 36.1 Å². The predicted octanol–water partition coefficient (Wildman–Crippen LogP) is 3.02. The number of halogens is 1. The Balaban J connectivity index is 0.00000432. The van der Waals surface area contributed by atoms with Crippen molar-refractivity contribution in [3.05, 3.63) is 59.9 Å². The molecule has 0 atom stereocenters. The number of para-hydroxylation sites is 1. The zero-order valence-corrected chi connectivity index (χ0v) is 21.4. The summed E-state index contributed by atoms with van der Waals surface area (Å²) < 4.78 is 0. The first-order valence-corrected chi connectivity index (χ1v) is 12.0. The number of nitrogens with zero attached hydrogens (tertiary/aromatic N) is 3. The fraction of sp³-hybridized carbons (Fsp3) is 0.462. The number of rotatable bonds is 6. The highest BCUT2D eigenvalue weighted by molar-refractivity contribution is 5.94. The maximum absolute atomic E-state index is 13.0. The molecule has 3 amide bonds. The molecule has 0 saturated carbocycles. The SMILES string of the molecule is CC(C)CC(=O)N1CCCN(C(=O)CCNC(=O)c2cccnc2)CCNCc2ccccc21.Cl. The quantitative estimate of drug-likeness (QED) is 0.634. The molecular weight excluding hydrogens is 466 g/mol. The Labute approximate surface area is 213 Å². The molecule has 0 spiro atoms. The highest BCUT2D eigenvalue weighted by Crippen LogP contribution is 2.23. The number of aromatic nitrogens is 1. The summed E-state index contributed by atoms with van der Waals surface area (Å²) in [5.41, 5.74) is 2.50. The second-order valence-electron chi connectivity index (χ2n) is 8.93. The van der Waals surface area contributed by atoms with Gasteiger partial charge < -0.3 is 20.4 Å². The Bertz CT molecular complexity index is 970. The highest BCUT2D eigenvalue weighted by atomic mass is 35.5. The normalized spacial score (nSPS) is 14.4. The van der Waals surface area contributed by atoms with Gasteiger partial charge in [0.15, 0.2) is 0 Å². The van der Waals surface area contributed by atoms with Gasteiger partial charge in [0, 0.05) is 70.2 Å². The van der Waals surface area contributed by atoms with Gasteiger partial charge in [-0.1, -0.05) is 32.0 Å². The molecule has 1 aliphatic heterocycles. The topological polar surface area (TPSA) is 94.6 Å². The number of carbonyl (C=O) groups excluding carboxylic acids is 3. The van der Waals surface area contributed by atoms with Gasteiger partial charge in [0.1, 0.15) is 0 Å². The van der Waals surface area contributed by atoms with Crippen LogP contribution in [0.25, 0.3) is 0 Å². The lowest BCUT2D eigenvalue weighted by Crippen LogP contribution is -2.40. The van der Waals surface area contributed by atoms with E-state index in [4.69, 9.17) is 0 Å². The fourth-order valence-electron chi connectivity index (χ4n) is 4.02. The van der Waals surface area contributed by atoms with Gasteiger partial charge >= 0.3 is 0 Å². The molecule has 0 bridgehead atoms. The lowest BCUT2D eigenvalue weighted by molar-refractivity contribution is -0.131. The average molecular weight is 502 g/mol. The van der Waals surface area contributed by atoms with E-state index in [1.165, 1.54) is 6.20 Å². The minimum atomic E-state index is -0.239. The molecule has 1 aromatic heterocycles. The summed E-state index contributed by atoms with van der Waals surface area (Å²) >= 11 is 0. The maximum Gasteiger partial charge on any atom is 0.252 e. The lowest BCUT2D eigenvalue weighted by Gasteiger charge is -2.27. The van der Waals surface area contributed by atoms with Gasteiger partial charge in [-0.25, -0.2) is 0 Å². The molecular formula is C26H36ClN5O3. The zero-order chi connectivity index (χ0) is 24.3. The summed E-state index contributed by atoms with van der Waals surface area (Å²) in [5, 5.41) is 6.20. The van der Waals surface area contributed by atoms with E-state index < -0.39 is 0 Å². The zero-order valence-electron chi connectivity index (χ0n) is 20.5. The molecule has 2 heterocycles. The van der Waals surface area contributed by atoms with E-state index in [9.17, 15) is 14.4 Å². The Morgan fingerprint density at radius 1 is 1.06 bits per heavy atom. The van der Waals surface area contributed by atoms with Crippen molar-refractivity contribution in [2.24, 2.45) is 5.92 Å². The second kappa shape index (κ2) is 14.4. The van der Waals surface area contributed by atoms with Crippen LogP contribution in [0.15, 0.2) is 48.8 Å². The Kier molecular flexibility index (Phi) is 11.7. The molecule has 0 saturated heterocycles.